The van der Waals surface area contributed by atoms with E-state index in [-0.39, 0.29) is 0 Å². The van der Waals surface area contributed by atoms with Crippen molar-refractivity contribution in [1.29, 1.82) is 0 Å². The summed E-state index contributed by atoms with van der Waals surface area (Å²) in [5.41, 5.74) is 7.38. The van der Waals surface area contributed by atoms with Gasteiger partial charge >= 0.3 is 0 Å². The molecule has 0 aliphatic carbocycles. The highest BCUT2D eigenvalue weighted by Crippen LogP contribution is 2.18. The Balaban J connectivity index is 2.06. The Morgan fingerprint density at radius 2 is 1.81 bits per heavy atom. The summed E-state index contributed by atoms with van der Waals surface area (Å²) < 4.78 is 6.08. The molecule has 0 bridgehead atoms. The first kappa shape index (κ1) is 15.5. The molecular formula is C16H17BrN2O2. The normalized spacial score (nSPS) is 11.9. The molecule has 0 unspecified atom stereocenters. The standard InChI is InChI=1S/C16H17BrN2O2/c1-21-14-8-2-11(3-9-14)10-19-15(16(18)20)12-4-6-13(17)7-5-12/h2-9,15,19H,10H2,1H3,(H2,18,20)/t15-/m1/s1. The van der Waals surface area contributed by atoms with Gasteiger partial charge in [0.05, 0.1) is 7.11 Å². The second kappa shape index (κ2) is 7.24. The van der Waals surface area contributed by atoms with Crippen molar-refractivity contribution in [1.82, 2.24) is 5.32 Å². The van der Waals surface area contributed by atoms with Gasteiger partial charge in [0, 0.05) is 11.0 Å². The van der Waals surface area contributed by atoms with Crippen molar-refractivity contribution in [3.63, 3.8) is 0 Å². The van der Waals surface area contributed by atoms with Gasteiger partial charge in [-0.15, -0.1) is 0 Å². The van der Waals surface area contributed by atoms with Crippen LogP contribution in [0.25, 0.3) is 0 Å². The van der Waals surface area contributed by atoms with Gasteiger partial charge in [0.15, 0.2) is 0 Å². The maximum atomic E-state index is 11.6. The fourth-order valence-corrected chi connectivity index (χ4v) is 2.27. The van der Waals surface area contributed by atoms with Crippen LogP contribution in [0.1, 0.15) is 17.2 Å². The highest BCUT2D eigenvalue weighted by Gasteiger charge is 2.16. The molecule has 5 heteroatoms. The number of amides is 1. The summed E-state index contributed by atoms with van der Waals surface area (Å²) in [6.07, 6.45) is 0. The van der Waals surface area contributed by atoms with Crippen molar-refractivity contribution < 1.29 is 9.53 Å². The summed E-state index contributed by atoms with van der Waals surface area (Å²) in [6.45, 7) is 0.549. The number of carbonyl (C=O) groups excluding carboxylic acids is 1. The molecule has 3 N–H and O–H groups in total. The maximum Gasteiger partial charge on any atom is 0.239 e. The Morgan fingerprint density at radius 3 is 2.33 bits per heavy atom. The summed E-state index contributed by atoms with van der Waals surface area (Å²) >= 11 is 3.37. The Hall–Kier alpha value is -1.85. The van der Waals surface area contributed by atoms with Crippen LogP contribution in [0.4, 0.5) is 0 Å². The van der Waals surface area contributed by atoms with Crippen molar-refractivity contribution in [2.45, 2.75) is 12.6 Å². The molecular weight excluding hydrogens is 332 g/mol. The van der Waals surface area contributed by atoms with Crippen LogP contribution >= 0.6 is 15.9 Å². The summed E-state index contributed by atoms with van der Waals surface area (Å²) in [4.78, 5) is 11.6. The van der Waals surface area contributed by atoms with Crippen molar-refractivity contribution in [2.24, 2.45) is 5.73 Å². The molecule has 0 fully saturated rings. The van der Waals surface area contributed by atoms with Gasteiger partial charge in [-0.2, -0.15) is 0 Å². The quantitative estimate of drug-likeness (QED) is 0.843. The van der Waals surface area contributed by atoms with Crippen molar-refractivity contribution in [3.05, 3.63) is 64.1 Å². The fourth-order valence-electron chi connectivity index (χ4n) is 2.00. The zero-order valence-corrected chi connectivity index (χ0v) is 13.3. The third-order valence-electron chi connectivity index (χ3n) is 3.16. The summed E-state index contributed by atoms with van der Waals surface area (Å²) in [7, 11) is 1.63. The van der Waals surface area contributed by atoms with E-state index >= 15 is 0 Å². The monoisotopic (exact) mass is 348 g/mol. The number of methoxy groups -OCH3 is 1. The fraction of sp³-hybridized carbons (Fsp3) is 0.188. The SMILES string of the molecule is COc1ccc(CN[C@@H](C(N)=O)c2ccc(Br)cc2)cc1. The van der Waals surface area contributed by atoms with Gasteiger partial charge in [-0.1, -0.05) is 40.2 Å². The molecule has 21 heavy (non-hydrogen) atoms. The highest BCUT2D eigenvalue weighted by molar-refractivity contribution is 9.10. The molecule has 0 aliphatic heterocycles. The molecule has 2 aromatic rings. The zero-order chi connectivity index (χ0) is 15.2. The summed E-state index contributed by atoms with van der Waals surface area (Å²) in [5, 5.41) is 3.18. The molecule has 2 aromatic carbocycles. The minimum absolute atomic E-state index is 0.397. The van der Waals surface area contributed by atoms with E-state index in [2.05, 4.69) is 21.2 Å². The van der Waals surface area contributed by atoms with Crippen LogP contribution in [0.2, 0.25) is 0 Å². The van der Waals surface area contributed by atoms with Gasteiger partial charge in [0.1, 0.15) is 11.8 Å². The minimum Gasteiger partial charge on any atom is -0.497 e. The molecule has 0 radical (unpaired) electrons. The molecule has 0 saturated heterocycles. The lowest BCUT2D eigenvalue weighted by atomic mass is 10.1. The molecule has 0 saturated carbocycles. The summed E-state index contributed by atoms with van der Waals surface area (Å²) in [5.74, 6) is 0.406. The first-order valence-electron chi connectivity index (χ1n) is 6.51. The third-order valence-corrected chi connectivity index (χ3v) is 3.69. The minimum atomic E-state index is -0.514. The average molecular weight is 349 g/mol. The Bertz CT molecular complexity index is 597. The van der Waals surface area contributed by atoms with Gasteiger partial charge in [0.25, 0.3) is 0 Å². The number of carbonyl (C=O) groups is 1. The van der Waals surface area contributed by atoms with E-state index < -0.39 is 11.9 Å². The van der Waals surface area contributed by atoms with Crippen molar-refractivity contribution >= 4 is 21.8 Å². The van der Waals surface area contributed by atoms with Gasteiger partial charge < -0.3 is 10.5 Å². The number of primary amides is 1. The number of ether oxygens (including phenoxy) is 1. The molecule has 2 rings (SSSR count). The van der Waals surface area contributed by atoms with E-state index in [0.717, 1.165) is 21.3 Å². The topological polar surface area (TPSA) is 64.3 Å². The van der Waals surface area contributed by atoms with Crippen LogP contribution in [0.15, 0.2) is 53.0 Å². The molecule has 4 nitrogen and oxygen atoms in total. The van der Waals surface area contributed by atoms with Crippen LogP contribution in [-0.4, -0.2) is 13.0 Å². The van der Waals surface area contributed by atoms with Crippen molar-refractivity contribution in [3.8, 4) is 5.75 Å². The number of nitrogens with one attached hydrogen (secondary N) is 1. The van der Waals surface area contributed by atoms with Crippen LogP contribution in [0.3, 0.4) is 0 Å². The van der Waals surface area contributed by atoms with Crippen LogP contribution in [-0.2, 0) is 11.3 Å². The van der Waals surface area contributed by atoms with Crippen LogP contribution < -0.4 is 15.8 Å². The van der Waals surface area contributed by atoms with Gasteiger partial charge in [-0.25, -0.2) is 0 Å². The lowest BCUT2D eigenvalue weighted by Gasteiger charge is -2.16. The van der Waals surface area contributed by atoms with Gasteiger partial charge in [-0.3, -0.25) is 10.1 Å². The average Bonchev–Trinajstić information content (AvgIpc) is 2.49. The molecule has 0 heterocycles. The molecule has 0 aromatic heterocycles. The molecule has 0 spiro atoms. The smallest absolute Gasteiger partial charge is 0.239 e. The second-order valence-electron chi connectivity index (χ2n) is 4.62. The third kappa shape index (κ3) is 4.31. The van der Waals surface area contributed by atoms with E-state index in [1.807, 2.05) is 48.5 Å². The number of nitrogens with two attached hydrogens (primary N) is 1. The Labute approximate surface area is 132 Å². The second-order valence-corrected chi connectivity index (χ2v) is 5.53. The van der Waals surface area contributed by atoms with E-state index in [4.69, 9.17) is 10.5 Å². The van der Waals surface area contributed by atoms with Gasteiger partial charge in [0.2, 0.25) is 5.91 Å². The molecule has 1 amide bonds. The number of rotatable bonds is 6. The number of hydrogen-bond donors (Lipinski definition) is 2. The predicted octanol–water partition coefficient (Wildman–Crippen LogP) is 2.77. The first-order chi connectivity index (χ1) is 10.1. The lowest BCUT2D eigenvalue weighted by molar-refractivity contribution is -0.120. The van der Waals surface area contributed by atoms with Crippen LogP contribution in [0, 0.1) is 0 Å². The van der Waals surface area contributed by atoms with Crippen molar-refractivity contribution in [2.75, 3.05) is 7.11 Å². The largest absolute Gasteiger partial charge is 0.497 e. The zero-order valence-electron chi connectivity index (χ0n) is 11.7. The Morgan fingerprint density at radius 1 is 1.19 bits per heavy atom. The van der Waals surface area contributed by atoms with E-state index in [9.17, 15) is 4.79 Å². The van der Waals surface area contributed by atoms with E-state index in [1.54, 1.807) is 7.11 Å². The Kier molecular flexibility index (Phi) is 5.36. The number of halogens is 1. The highest BCUT2D eigenvalue weighted by atomic mass is 79.9. The number of benzene rings is 2. The molecule has 110 valence electrons. The van der Waals surface area contributed by atoms with Gasteiger partial charge in [-0.05, 0) is 35.4 Å². The first-order valence-corrected chi connectivity index (χ1v) is 7.30. The lowest BCUT2D eigenvalue weighted by Crippen LogP contribution is -2.33. The molecule has 0 aliphatic rings. The summed E-state index contributed by atoms with van der Waals surface area (Å²) in [6, 6.07) is 14.7. The maximum absolute atomic E-state index is 11.6. The van der Waals surface area contributed by atoms with E-state index in [0.29, 0.717) is 6.54 Å². The predicted molar refractivity (Wildman–Crippen MR) is 85.9 cm³/mol. The van der Waals surface area contributed by atoms with E-state index in [1.165, 1.54) is 0 Å². The molecule has 1 atom stereocenters. The van der Waals surface area contributed by atoms with Crippen LogP contribution in [0.5, 0.6) is 5.75 Å². The number of hydrogen-bond acceptors (Lipinski definition) is 3.